The van der Waals surface area contributed by atoms with Crippen LogP contribution in [0, 0.1) is 0 Å². The van der Waals surface area contributed by atoms with Crippen molar-refractivity contribution in [3.63, 3.8) is 0 Å². The van der Waals surface area contributed by atoms with Crippen molar-refractivity contribution in [1.82, 2.24) is 9.97 Å². The Kier molecular flexibility index (Phi) is 5.01. The summed E-state index contributed by atoms with van der Waals surface area (Å²) >= 11 is 4.90. The molecule has 0 bridgehead atoms. The van der Waals surface area contributed by atoms with E-state index >= 15 is 0 Å². The summed E-state index contributed by atoms with van der Waals surface area (Å²) in [6, 6.07) is 12.2. The van der Waals surface area contributed by atoms with E-state index in [4.69, 9.17) is 18.0 Å². The van der Waals surface area contributed by atoms with Gasteiger partial charge in [0.05, 0.1) is 0 Å². The molecule has 0 radical (unpaired) electrons. The van der Waals surface area contributed by atoms with Crippen LogP contribution >= 0.6 is 12.2 Å². The zero-order chi connectivity index (χ0) is 14.4. The van der Waals surface area contributed by atoms with E-state index in [1.54, 1.807) is 12.3 Å². The molecule has 2 rings (SSSR count). The van der Waals surface area contributed by atoms with Crippen molar-refractivity contribution in [2.75, 3.05) is 11.9 Å². The Morgan fingerprint density at radius 2 is 2.05 bits per heavy atom. The summed E-state index contributed by atoms with van der Waals surface area (Å²) in [5, 5.41) is 3.20. The highest BCUT2D eigenvalue weighted by molar-refractivity contribution is 7.80. The highest BCUT2D eigenvalue weighted by Gasteiger charge is 2.05. The molecule has 2 aromatic rings. The van der Waals surface area contributed by atoms with Crippen LogP contribution in [0.4, 0.5) is 5.95 Å². The van der Waals surface area contributed by atoms with E-state index in [2.05, 4.69) is 46.5 Å². The lowest BCUT2D eigenvalue weighted by molar-refractivity contribution is 0.703. The van der Waals surface area contributed by atoms with Gasteiger partial charge in [-0.2, -0.15) is 0 Å². The smallest absolute Gasteiger partial charge is 0.223 e. The van der Waals surface area contributed by atoms with Crippen molar-refractivity contribution in [3.8, 4) is 0 Å². The van der Waals surface area contributed by atoms with Gasteiger partial charge < -0.3 is 11.1 Å². The minimum Gasteiger partial charge on any atom is -0.388 e. The zero-order valence-electron chi connectivity index (χ0n) is 11.4. The number of nitrogens with two attached hydrogens (primary N) is 1. The van der Waals surface area contributed by atoms with Crippen molar-refractivity contribution < 1.29 is 0 Å². The van der Waals surface area contributed by atoms with Gasteiger partial charge in [0.2, 0.25) is 5.95 Å². The zero-order valence-corrected chi connectivity index (χ0v) is 12.2. The van der Waals surface area contributed by atoms with Crippen molar-refractivity contribution in [3.05, 3.63) is 53.9 Å². The Morgan fingerprint density at radius 1 is 1.30 bits per heavy atom. The maximum atomic E-state index is 5.55. The number of anilines is 1. The molecule has 1 aromatic carbocycles. The topological polar surface area (TPSA) is 63.8 Å². The standard InChI is InChI=1S/C15H18N4S/c1-11(12-5-3-2-4-6-12)7-9-17-15-18-10-8-13(19-15)14(16)20/h2-6,8,10-11H,7,9H2,1H3,(H2,16,20)(H,17,18,19). The van der Waals surface area contributed by atoms with Gasteiger partial charge in [0.1, 0.15) is 10.7 Å². The van der Waals surface area contributed by atoms with E-state index in [-0.39, 0.29) is 4.99 Å². The molecule has 0 saturated carbocycles. The molecule has 20 heavy (non-hydrogen) atoms. The maximum absolute atomic E-state index is 5.55. The third-order valence-electron chi connectivity index (χ3n) is 3.14. The van der Waals surface area contributed by atoms with Crippen LogP contribution in [0.1, 0.15) is 30.5 Å². The largest absolute Gasteiger partial charge is 0.388 e. The van der Waals surface area contributed by atoms with E-state index in [0.717, 1.165) is 13.0 Å². The summed E-state index contributed by atoms with van der Waals surface area (Å²) in [4.78, 5) is 8.69. The van der Waals surface area contributed by atoms with Gasteiger partial charge in [-0.1, -0.05) is 49.5 Å². The van der Waals surface area contributed by atoms with E-state index in [9.17, 15) is 0 Å². The summed E-state index contributed by atoms with van der Waals surface area (Å²) < 4.78 is 0. The van der Waals surface area contributed by atoms with Crippen LogP contribution in [-0.4, -0.2) is 21.5 Å². The van der Waals surface area contributed by atoms with Gasteiger partial charge in [-0.25, -0.2) is 9.97 Å². The molecule has 1 heterocycles. The average molecular weight is 286 g/mol. The summed E-state index contributed by atoms with van der Waals surface area (Å²) in [5.74, 6) is 1.05. The van der Waals surface area contributed by atoms with Crippen molar-refractivity contribution in [2.24, 2.45) is 5.73 Å². The summed E-state index contributed by atoms with van der Waals surface area (Å²) in [6.07, 6.45) is 2.66. The number of hydrogen-bond acceptors (Lipinski definition) is 4. The van der Waals surface area contributed by atoms with Gasteiger partial charge in [0.25, 0.3) is 0 Å². The predicted molar refractivity (Wildman–Crippen MR) is 85.9 cm³/mol. The first-order chi connectivity index (χ1) is 9.66. The third-order valence-corrected chi connectivity index (χ3v) is 3.35. The first kappa shape index (κ1) is 14.4. The number of nitrogens with one attached hydrogen (secondary N) is 1. The highest BCUT2D eigenvalue weighted by Crippen LogP contribution is 2.18. The molecule has 1 atom stereocenters. The van der Waals surface area contributed by atoms with Crippen molar-refractivity contribution in [1.29, 1.82) is 0 Å². The molecule has 5 heteroatoms. The average Bonchev–Trinajstić information content (AvgIpc) is 2.48. The Hall–Kier alpha value is -2.01. The second kappa shape index (κ2) is 6.96. The van der Waals surface area contributed by atoms with Crippen molar-refractivity contribution >= 4 is 23.2 Å². The van der Waals surface area contributed by atoms with Crippen molar-refractivity contribution in [2.45, 2.75) is 19.3 Å². The Bertz CT molecular complexity index is 571. The number of hydrogen-bond donors (Lipinski definition) is 2. The molecule has 0 spiro atoms. The fraction of sp³-hybridized carbons (Fsp3) is 0.267. The molecule has 0 amide bonds. The molecule has 0 saturated heterocycles. The van der Waals surface area contributed by atoms with E-state index < -0.39 is 0 Å². The van der Waals surface area contributed by atoms with E-state index in [1.165, 1.54) is 5.56 Å². The summed E-state index contributed by atoms with van der Waals surface area (Å²) in [5.41, 5.74) is 7.48. The first-order valence-electron chi connectivity index (χ1n) is 6.58. The minimum absolute atomic E-state index is 0.285. The van der Waals surface area contributed by atoms with Crippen LogP contribution in [-0.2, 0) is 0 Å². The number of rotatable bonds is 6. The number of thiocarbonyl (C=S) groups is 1. The minimum atomic E-state index is 0.285. The molecular weight excluding hydrogens is 268 g/mol. The van der Waals surface area contributed by atoms with Crippen LogP contribution in [0.5, 0.6) is 0 Å². The van der Waals surface area contributed by atoms with Gasteiger partial charge >= 0.3 is 0 Å². The molecule has 4 nitrogen and oxygen atoms in total. The van der Waals surface area contributed by atoms with E-state index in [0.29, 0.717) is 17.6 Å². The number of nitrogens with zero attached hydrogens (tertiary/aromatic N) is 2. The Labute approximate surface area is 124 Å². The van der Waals surface area contributed by atoms with Gasteiger partial charge in [-0.3, -0.25) is 0 Å². The fourth-order valence-corrected chi connectivity index (χ4v) is 2.04. The monoisotopic (exact) mass is 286 g/mol. The van der Waals surface area contributed by atoms with E-state index in [1.807, 2.05) is 6.07 Å². The van der Waals surface area contributed by atoms with Crippen LogP contribution in [0.2, 0.25) is 0 Å². The molecule has 1 unspecified atom stereocenters. The SMILES string of the molecule is CC(CCNc1nccc(C(N)=S)n1)c1ccccc1. The molecule has 104 valence electrons. The van der Waals surface area contributed by atoms with Gasteiger partial charge in [-0.05, 0) is 24.0 Å². The normalized spacial score (nSPS) is 11.8. The lowest BCUT2D eigenvalue weighted by Crippen LogP contribution is -2.14. The molecule has 3 N–H and O–H groups in total. The van der Waals surface area contributed by atoms with Crippen LogP contribution in [0.25, 0.3) is 0 Å². The molecule has 0 aliphatic carbocycles. The van der Waals surface area contributed by atoms with Gasteiger partial charge in [-0.15, -0.1) is 0 Å². The number of aromatic nitrogens is 2. The van der Waals surface area contributed by atoms with Gasteiger partial charge in [0.15, 0.2) is 0 Å². The Morgan fingerprint density at radius 3 is 2.75 bits per heavy atom. The summed E-state index contributed by atoms with van der Waals surface area (Å²) in [7, 11) is 0. The second-order valence-corrected chi connectivity index (χ2v) is 5.10. The lowest BCUT2D eigenvalue weighted by Gasteiger charge is -2.12. The third kappa shape index (κ3) is 3.99. The summed E-state index contributed by atoms with van der Waals surface area (Å²) in [6.45, 7) is 3.01. The number of benzene rings is 1. The van der Waals surface area contributed by atoms with Crippen LogP contribution in [0.3, 0.4) is 0 Å². The molecule has 0 aliphatic heterocycles. The maximum Gasteiger partial charge on any atom is 0.223 e. The predicted octanol–water partition coefficient (Wildman–Crippen LogP) is 2.72. The van der Waals surface area contributed by atoms with Gasteiger partial charge in [0, 0.05) is 12.7 Å². The second-order valence-electron chi connectivity index (χ2n) is 4.66. The lowest BCUT2D eigenvalue weighted by atomic mass is 9.98. The molecule has 0 aliphatic rings. The molecular formula is C15H18N4S. The van der Waals surface area contributed by atoms with Crippen LogP contribution < -0.4 is 11.1 Å². The Balaban J connectivity index is 1.87. The molecule has 1 aromatic heterocycles. The quantitative estimate of drug-likeness (QED) is 0.799. The first-order valence-corrected chi connectivity index (χ1v) is 6.99. The molecule has 0 fully saturated rings. The van der Waals surface area contributed by atoms with Crippen LogP contribution in [0.15, 0.2) is 42.6 Å². The highest BCUT2D eigenvalue weighted by atomic mass is 32.1. The fourth-order valence-electron chi connectivity index (χ4n) is 1.93.